The lowest BCUT2D eigenvalue weighted by Gasteiger charge is -2.07. The first-order valence-corrected chi connectivity index (χ1v) is 9.18. The van der Waals surface area contributed by atoms with Crippen LogP contribution in [0.25, 0.3) is 0 Å². The highest BCUT2D eigenvalue weighted by atomic mass is 19.1. The molecule has 3 aromatic carbocycles. The number of carbonyl (C=O) groups excluding carboxylic acids is 2. The molecule has 0 heterocycles. The number of halogens is 1. The number of ether oxygens (including phenoxy) is 1. The van der Waals surface area contributed by atoms with Gasteiger partial charge in [-0.15, -0.1) is 0 Å². The van der Waals surface area contributed by atoms with Gasteiger partial charge >= 0.3 is 11.8 Å². The molecule has 6 nitrogen and oxygen atoms in total. The molecule has 0 fully saturated rings. The number of carbonyl (C=O) groups is 2. The number of hydrogen-bond donors (Lipinski definition) is 2. The first kappa shape index (κ1) is 20.7. The van der Waals surface area contributed by atoms with Gasteiger partial charge in [0.05, 0.1) is 6.21 Å². The fraction of sp³-hybridized carbons (Fsp3) is 0.0870. The minimum atomic E-state index is -0.878. The summed E-state index contributed by atoms with van der Waals surface area (Å²) in [6, 6.07) is 20.2. The monoisotopic (exact) mass is 405 g/mol. The van der Waals surface area contributed by atoms with Crippen LogP contribution in [0.4, 0.5) is 10.1 Å². The second-order valence-electron chi connectivity index (χ2n) is 6.51. The Morgan fingerprint density at radius 3 is 2.53 bits per heavy atom. The molecule has 152 valence electrons. The predicted molar refractivity (Wildman–Crippen MR) is 113 cm³/mol. The lowest BCUT2D eigenvalue weighted by atomic mass is 10.2. The Morgan fingerprint density at radius 1 is 1.00 bits per heavy atom. The molecule has 0 aliphatic carbocycles. The summed E-state index contributed by atoms with van der Waals surface area (Å²) in [7, 11) is 0. The quantitative estimate of drug-likeness (QED) is 0.372. The van der Waals surface area contributed by atoms with Gasteiger partial charge in [-0.1, -0.05) is 36.4 Å². The maximum atomic E-state index is 12.9. The lowest BCUT2D eigenvalue weighted by molar-refractivity contribution is -0.136. The Hall–Kier alpha value is -4.00. The number of anilines is 1. The number of amides is 2. The van der Waals surface area contributed by atoms with Gasteiger partial charge < -0.3 is 10.1 Å². The van der Waals surface area contributed by atoms with Crippen LogP contribution in [0.15, 0.2) is 77.9 Å². The molecule has 0 spiro atoms. The first-order valence-electron chi connectivity index (χ1n) is 9.18. The summed E-state index contributed by atoms with van der Waals surface area (Å²) in [6.07, 6.45) is 1.41. The minimum Gasteiger partial charge on any atom is -0.489 e. The Balaban J connectivity index is 1.51. The number of hydrogen-bond acceptors (Lipinski definition) is 4. The molecule has 0 aliphatic rings. The van der Waals surface area contributed by atoms with Crippen molar-refractivity contribution in [3.63, 3.8) is 0 Å². The van der Waals surface area contributed by atoms with E-state index in [1.165, 1.54) is 18.3 Å². The number of nitrogens with one attached hydrogen (secondary N) is 2. The fourth-order valence-corrected chi connectivity index (χ4v) is 2.56. The SMILES string of the molecule is Cc1cccc(NC(=O)C(=O)N/N=C\c2cccc(OCc3ccc(F)cc3)c2)c1. The predicted octanol–water partition coefficient (Wildman–Crippen LogP) is 3.80. The van der Waals surface area contributed by atoms with Crippen molar-refractivity contribution in [3.05, 3.63) is 95.3 Å². The molecule has 0 aromatic heterocycles. The van der Waals surface area contributed by atoms with E-state index in [1.807, 2.05) is 13.0 Å². The zero-order valence-corrected chi connectivity index (χ0v) is 16.3. The standard InChI is InChI=1S/C23H20FN3O3/c1-16-4-2-6-20(12-16)26-22(28)23(29)27-25-14-18-5-3-7-21(13-18)30-15-17-8-10-19(24)11-9-17/h2-14H,15H2,1H3,(H,26,28)(H,27,29)/b25-14-. The van der Waals surface area contributed by atoms with E-state index < -0.39 is 11.8 Å². The molecular weight excluding hydrogens is 385 g/mol. The van der Waals surface area contributed by atoms with Crippen LogP contribution in [-0.2, 0) is 16.2 Å². The number of aryl methyl sites for hydroxylation is 1. The molecule has 0 unspecified atom stereocenters. The Morgan fingerprint density at radius 2 is 1.77 bits per heavy atom. The highest BCUT2D eigenvalue weighted by Gasteiger charge is 2.12. The van der Waals surface area contributed by atoms with Crippen LogP contribution >= 0.6 is 0 Å². The van der Waals surface area contributed by atoms with Crippen molar-refractivity contribution in [1.29, 1.82) is 0 Å². The van der Waals surface area contributed by atoms with Crippen molar-refractivity contribution in [3.8, 4) is 5.75 Å². The smallest absolute Gasteiger partial charge is 0.329 e. The van der Waals surface area contributed by atoms with E-state index in [-0.39, 0.29) is 12.4 Å². The third-order valence-corrected chi connectivity index (χ3v) is 4.04. The van der Waals surface area contributed by atoms with Crippen LogP contribution < -0.4 is 15.5 Å². The van der Waals surface area contributed by atoms with Gasteiger partial charge in [0.1, 0.15) is 18.2 Å². The van der Waals surface area contributed by atoms with Gasteiger partial charge in [0.2, 0.25) is 0 Å². The van der Waals surface area contributed by atoms with Crippen LogP contribution in [0.3, 0.4) is 0 Å². The van der Waals surface area contributed by atoms with Crippen molar-refractivity contribution in [1.82, 2.24) is 5.43 Å². The summed E-state index contributed by atoms with van der Waals surface area (Å²) < 4.78 is 18.6. The maximum absolute atomic E-state index is 12.9. The average molecular weight is 405 g/mol. The molecule has 7 heteroatoms. The normalized spacial score (nSPS) is 10.6. The molecule has 30 heavy (non-hydrogen) atoms. The van der Waals surface area contributed by atoms with E-state index in [4.69, 9.17) is 4.74 Å². The average Bonchev–Trinajstić information content (AvgIpc) is 2.73. The summed E-state index contributed by atoms with van der Waals surface area (Å²) >= 11 is 0. The van der Waals surface area contributed by atoms with Crippen molar-refractivity contribution < 1.29 is 18.7 Å². The molecule has 2 amide bonds. The van der Waals surface area contributed by atoms with Crippen LogP contribution in [-0.4, -0.2) is 18.0 Å². The number of hydrazone groups is 1. The number of rotatable bonds is 6. The molecule has 2 N–H and O–H groups in total. The van der Waals surface area contributed by atoms with Gasteiger partial charge in [-0.3, -0.25) is 9.59 Å². The Bertz CT molecular complexity index is 1070. The van der Waals surface area contributed by atoms with Gasteiger partial charge in [-0.25, -0.2) is 9.82 Å². The molecule has 0 bridgehead atoms. The summed E-state index contributed by atoms with van der Waals surface area (Å²) in [5, 5.41) is 6.32. The summed E-state index contributed by atoms with van der Waals surface area (Å²) in [4.78, 5) is 23.8. The molecular formula is C23H20FN3O3. The highest BCUT2D eigenvalue weighted by Crippen LogP contribution is 2.14. The molecule has 0 saturated heterocycles. The van der Waals surface area contributed by atoms with Crippen LogP contribution in [0.1, 0.15) is 16.7 Å². The third-order valence-electron chi connectivity index (χ3n) is 4.04. The Kier molecular flexibility index (Phi) is 6.89. The van der Waals surface area contributed by atoms with E-state index in [2.05, 4.69) is 15.8 Å². The van der Waals surface area contributed by atoms with Gasteiger partial charge in [0.15, 0.2) is 0 Å². The van der Waals surface area contributed by atoms with Crippen molar-refractivity contribution in [2.45, 2.75) is 13.5 Å². The third kappa shape index (κ3) is 6.27. The van der Waals surface area contributed by atoms with E-state index in [0.29, 0.717) is 17.0 Å². The minimum absolute atomic E-state index is 0.288. The first-order chi connectivity index (χ1) is 14.5. The molecule has 3 aromatic rings. The largest absolute Gasteiger partial charge is 0.489 e. The van der Waals surface area contributed by atoms with Crippen LogP contribution in [0, 0.1) is 12.7 Å². The van der Waals surface area contributed by atoms with Crippen LogP contribution in [0.2, 0.25) is 0 Å². The zero-order valence-electron chi connectivity index (χ0n) is 16.3. The van der Waals surface area contributed by atoms with Gasteiger partial charge in [0.25, 0.3) is 0 Å². The van der Waals surface area contributed by atoms with Gasteiger partial charge in [-0.05, 0) is 60.0 Å². The summed E-state index contributed by atoms with van der Waals surface area (Å²) in [5.41, 5.74) is 5.20. The molecule has 0 aliphatic heterocycles. The van der Waals surface area contributed by atoms with E-state index in [1.54, 1.807) is 54.6 Å². The molecule has 0 atom stereocenters. The van der Waals surface area contributed by atoms with Crippen LogP contribution in [0.5, 0.6) is 5.75 Å². The van der Waals surface area contributed by atoms with Crippen molar-refractivity contribution in [2.24, 2.45) is 5.10 Å². The highest BCUT2D eigenvalue weighted by molar-refractivity contribution is 6.39. The summed E-state index contributed by atoms with van der Waals surface area (Å²) in [5.74, 6) is -1.40. The molecule has 0 radical (unpaired) electrons. The van der Waals surface area contributed by atoms with Gasteiger partial charge in [-0.2, -0.15) is 5.10 Å². The van der Waals surface area contributed by atoms with Crippen molar-refractivity contribution in [2.75, 3.05) is 5.32 Å². The second-order valence-corrected chi connectivity index (χ2v) is 6.51. The molecule has 0 saturated carbocycles. The number of benzene rings is 3. The van der Waals surface area contributed by atoms with Crippen molar-refractivity contribution >= 4 is 23.7 Å². The van der Waals surface area contributed by atoms with Gasteiger partial charge in [0, 0.05) is 5.69 Å². The van der Waals surface area contributed by atoms with E-state index in [0.717, 1.165) is 11.1 Å². The molecule has 3 rings (SSSR count). The lowest BCUT2D eigenvalue weighted by Crippen LogP contribution is -2.32. The summed E-state index contributed by atoms with van der Waals surface area (Å²) in [6.45, 7) is 2.17. The topological polar surface area (TPSA) is 79.8 Å². The second kappa shape index (κ2) is 9.97. The van der Waals surface area contributed by atoms with E-state index >= 15 is 0 Å². The number of nitrogens with zero attached hydrogens (tertiary/aromatic N) is 1. The van der Waals surface area contributed by atoms with E-state index in [9.17, 15) is 14.0 Å². The fourth-order valence-electron chi connectivity index (χ4n) is 2.56. The zero-order chi connectivity index (χ0) is 21.3. The Labute approximate surface area is 173 Å². The maximum Gasteiger partial charge on any atom is 0.329 e.